The van der Waals surface area contributed by atoms with E-state index in [1.807, 2.05) is 0 Å². The van der Waals surface area contributed by atoms with Crippen molar-refractivity contribution in [2.24, 2.45) is 0 Å². The molecule has 0 N–H and O–H groups in total. The van der Waals surface area contributed by atoms with Crippen molar-refractivity contribution >= 4 is 30.5 Å². The van der Waals surface area contributed by atoms with Gasteiger partial charge in [0.1, 0.15) is 0 Å². The minimum absolute atomic E-state index is 0.271. The van der Waals surface area contributed by atoms with Crippen LogP contribution in [0.1, 0.15) is 12.0 Å². The number of hydrogen-bond acceptors (Lipinski definition) is 2. The lowest BCUT2D eigenvalue weighted by atomic mass is 10.2. The number of rotatable bonds is 3. The topological polar surface area (TPSA) is 18.5 Å². The van der Waals surface area contributed by atoms with Crippen LogP contribution in [0, 0.1) is 0 Å². The smallest absolute Gasteiger partial charge is 0.0835 e. The third-order valence-electron chi connectivity index (χ3n) is 2.44. The fourth-order valence-corrected chi connectivity index (χ4v) is 2.55. The molecule has 1 aromatic rings. The molecule has 0 radical (unpaired) electrons. The average Bonchev–Trinajstić information content (AvgIpc) is 2.69. The Hall–Kier alpha value is 0.0500. The van der Waals surface area contributed by atoms with Crippen molar-refractivity contribution in [1.82, 2.24) is 0 Å². The molecule has 0 aliphatic carbocycles. The second-order valence-electron chi connectivity index (χ2n) is 3.65. The van der Waals surface area contributed by atoms with Gasteiger partial charge < -0.3 is 9.47 Å². The second kappa shape index (κ2) is 5.40. The Kier molecular flexibility index (Phi) is 4.15. The molecule has 1 aliphatic rings. The fraction of sp³-hybridized carbons (Fsp3) is 0.455. The summed E-state index contributed by atoms with van der Waals surface area (Å²) in [5.41, 5.74) is 1.19. The van der Waals surface area contributed by atoms with E-state index < -0.39 is 0 Å². The molecule has 1 aromatic carbocycles. The quantitative estimate of drug-likeness (QED) is 0.795. The molecular weight excluding hydrogens is 275 g/mol. The lowest BCUT2D eigenvalue weighted by molar-refractivity contribution is 0.0315. The molecule has 15 heavy (non-hydrogen) atoms. The summed E-state index contributed by atoms with van der Waals surface area (Å²) in [5, 5.41) is 1.18. The van der Waals surface area contributed by atoms with Gasteiger partial charge in [0.25, 0.3) is 0 Å². The van der Waals surface area contributed by atoms with Crippen LogP contribution in [0.5, 0.6) is 0 Å². The zero-order valence-corrected chi connectivity index (χ0v) is 11.2. The zero-order chi connectivity index (χ0) is 10.7. The molecule has 1 fully saturated rings. The van der Waals surface area contributed by atoms with Crippen molar-refractivity contribution in [1.29, 1.82) is 0 Å². The van der Waals surface area contributed by atoms with E-state index in [-0.39, 0.29) is 6.10 Å². The van der Waals surface area contributed by atoms with Gasteiger partial charge in [0.2, 0.25) is 0 Å². The molecule has 2 rings (SSSR count). The van der Waals surface area contributed by atoms with Crippen molar-refractivity contribution in [3.05, 3.63) is 28.2 Å². The molecule has 82 valence electrons. The minimum atomic E-state index is 0.271. The maximum atomic E-state index is 5.75. The Morgan fingerprint density at radius 3 is 3.07 bits per heavy atom. The molecule has 2 nitrogen and oxygen atoms in total. The second-order valence-corrected chi connectivity index (χ2v) is 5.17. The summed E-state index contributed by atoms with van der Waals surface area (Å²) >= 11 is 3.53. The van der Waals surface area contributed by atoms with Gasteiger partial charge in [-0.15, -0.1) is 9.24 Å². The Morgan fingerprint density at radius 1 is 1.53 bits per heavy atom. The number of benzene rings is 1. The van der Waals surface area contributed by atoms with Gasteiger partial charge >= 0.3 is 0 Å². The SMILES string of the molecule is Pc1ccc(CO[C@H]2CCOC2)c(Br)c1. The molecule has 4 heteroatoms. The normalized spacial score (nSPS) is 20.8. The van der Waals surface area contributed by atoms with Gasteiger partial charge in [-0.1, -0.05) is 28.1 Å². The van der Waals surface area contributed by atoms with Crippen molar-refractivity contribution in [2.45, 2.75) is 19.1 Å². The van der Waals surface area contributed by atoms with E-state index in [9.17, 15) is 0 Å². The molecule has 1 saturated heterocycles. The summed E-state index contributed by atoms with van der Waals surface area (Å²) in [7, 11) is 2.68. The fourth-order valence-electron chi connectivity index (χ4n) is 1.53. The molecule has 0 spiro atoms. The molecule has 0 aromatic heterocycles. The van der Waals surface area contributed by atoms with Crippen LogP contribution in [0.3, 0.4) is 0 Å². The van der Waals surface area contributed by atoms with Gasteiger partial charge in [-0.2, -0.15) is 0 Å². The summed E-state index contributed by atoms with van der Waals surface area (Å²) in [4.78, 5) is 0. The Bertz CT molecular complexity index is 337. The van der Waals surface area contributed by atoms with Gasteiger partial charge in [-0.3, -0.25) is 0 Å². The summed E-state index contributed by atoms with van der Waals surface area (Å²) in [6, 6.07) is 6.23. The van der Waals surface area contributed by atoms with Gasteiger partial charge in [-0.25, -0.2) is 0 Å². The number of halogens is 1. The van der Waals surface area contributed by atoms with Crippen molar-refractivity contribution in [3.63, 3.8) is 0 Å². The summed E-state index contributed by atoms with van der Waals surface area (Å²) in [5.74, 6) is 0. The molecule has 1 heterocycles. The molecule has 2 atom stereocenters. The van der Waals surface area contributed by atoms with Gasteiger partial charge in [-0.05, 0) is 23.4 Å². The molecule has 0 saturated carbocycles. The van der Waals surface area contributed by atoms with E-state index in [1.165, 1.54) is 10.9 Å². The maximum absolute atomic E-state index is 5.75. The maximum Gasteiger partial charge on any atom is 0.0835 e. The highest BCUT2D eigenvalue weighted by atomic mass is 79.9. The lowest BCUT2D eigenvalue weighted by Gasteiger charge is -2.11. The molecule has 1 aliphatic heterocycles. The third kappa shape index (κ3) is 3.25. The average molecular weight is 289 g/mol. The summed E-state index contributed by atoms with van der Waals surface area (Å²) < 4.78 is 12.1. The highest BCUT2D eigenvalue weighted by Crippen LogP contribution is 2.19. The van der Waals surface area contributed by atoms with E-state index in [2.05, 4.69) is 43.4 Å². The van der Waals surface area contributed by atoms with E-state index in [0.29, 0.717) is 6.61 Å². The Labute approximate surface area is 101 Å². The van der Waals surface area contributed by atoms with E-state index in [1.54, 1.807) is 0 Å². The lowest BCUT2D eigenvalue weighted by Crippen LogP contribution is -2.12. The zero-order valence-electron chi connectivity index (χ0n) is 8.41. The van der Waals surface area contributed by atoms with Crippen molar-refractivity contribution in [2.75, 3.05) is 13.2 Å². The summed E-state index contributed by atoms with van der Waals surface area (Å²) in [6.45, 7) is 2.22. The van der Waals surface area contributed by atoms with E-state index in [0.717, 1.165) is 24.1 Å². The van der Waals surface area contributed by atoms with Gasteiger partial charge in [0.05, 0.1) is 19.3 Å². The highest BCUT2D eigenvalue weighted by molar-refractivity contribution is 9.10. The standard InChI is InChI=1S/C11H14BrO2P/c12-11-5-10(15)2-1-8(11)6-14-9-3-4-13-7-9/h1-2,5,9H,3-4,6-7,15H2/t9-/m0/s1. The van der Waals surface area contributed by atoms with Crippen LogP contribution in [-0.4, -0.2) is 19.3 Å². The minimum Gasteiger partial charge on any atom is -0.379 e. The first-order chi connectivity index (χ1) is 7.25. The first-order valence-electron chi connectivity index (χ1n) is 4.99. The molecule has 0 bridgehead atoms. The van der Waals surface area contributed by atoms with E-state index >= 15 is 0 Å². The first kappa shape index (κ1) is 11.5. The molecule has 0 amide bonds. The van der Waals surface area contributed by atoms with Crippen molar-refractivity contribution in [3.8, 4) is 0 Å². The van der Waals surface area contributed by atoms with Crippen LogP contribution in [0.4, 0.5) is 0 Å². The van der Waals surface area contributed by atoms with E-state index in [4.69, 9.17) is 9.47 Å². The Morgan fingerprint density at radius 2 is 2.40 bits per heavy atom. The Balaban J connectivity index is 1.92. The first-order valence-corrected chi connectivity index (χ1v) is 6.36. The van der Waals surface area contributed by atoms with Gasteiger partial charge in [0, 0.05) is 11.1 Å². The predicted octanol–water partition coefficient (Wildman–Crippen LogP) is 2.25. The highest BCUT2D eigenvalue weighted by Gasteiger charge is 2.16. The monoisotopic (exact) mass is 288 g/mol. The number of hydrogen-bond donors (Lipinski definition) is 0. The van der Waals surface area contributed by atoms with Crippen LogP contribution in [0.15, 0.2) is 22.7 Å². The third-order valence-corrected chi connectivity index (χ3v) is 3.54. The summed E-state index contributed by atoms with van der Waals surface area (Å²) in [6.07, 6.45) is 1.28. The van der Waals surface area contributed by atoms with Gasteiger partial charge in [0.15, 0.2) is 0 Å². The number of ether oxygens (including phenoxy) is 2. The van der Waals surface area contributed by atoms with Crippen LogP contribution in [0.2, 0.25) is 0 Å². The largest absolute Gasteiger partial charge is 0.379 e. The van der Waals surface area contributed by atoms with Crippen LogP contribution in [-0.2, 0) is 16.1 Å². The van der Waals surface area contributed by atoms with Crippen LogP contribution < -0.4 is 5.30 Å². The van der Waals surface area contributed by atoms with Crippen LogP contribution >= 0.6 is 25.2 Å². The van der Waals surface area contributed by atoms with Crippen LogP contribution in [0.25, 0.3) is 0 Å². The van der Waals surface area contributed by atoms with Crippen molar-refractivity contribution < 1.29 is 9.47 Å². The molecular formula is C11H14BrO2P. The predicted molar refractivity (Wildman–Crippen MR) is 67.5 cm³/mol. The molecule has 1 unspecified atom stereocenters.